The number of carboxylic acids is 1. The number of likely N-dealkylation sites (tertiary alicyclic amines) is 1. The lowest BCUT2D eigenvalue weighted by atomic mass is 9.79. The van der Waals surface area contributed by atoms with Crippen LogP contribution in [0.3, 0.4) is 0 Å². The summed E-state index contributed by atoms with van der Waals surface area (Å²) in [7, 11) is 0. The molecule has 3 unspecified atom stereocenters. The Balaban J connectivity index is 1.68. The number of allylic oxidation sites excluding steroid dienone is 4. The van der Waals surface area contributed by atoms with E-state index in [4.69, 9.17) is 4.74 Å². The number of hydrogen-bond acceptors (Lipinski definition) is 4. The van der Waals surface area contributed by atoms with Crippen LogP contribution in [0, 0.1) is 11.3 Å². The molecule has 32 heavy (non-hydrogen) atoms. The van der Waals surface area contributed by atoms with Crippen molar-refractivity contribution in [2.24, 2.45) is 11.3 Å². The average Bonchev–Trinajstić information content (AvgIpc) is 3.26. The number of ether oxygens (including phenoxy) is 1. The van der Waals surface area contributed by atoms with Crippen LogP contribution in [0.2, 0.25) is 0 Å². The van der Waals surface area contributed by atoms with Crippen molar-refractivity contribution in [2.45, 2.75) is 90.1 Å². The summed E-state index contributed by atoms with van der Waals surface area (Å²) >= 11 is 0. The van der Waals surface area contributed by atoms with Crippen molar-refractivity contribution < 1.29 is 24.2 Å². The Labute approximate surface area is 191 Å². The second-order valence-corrected chi connectivity index (χ2v) is 9.82. The third kappa shape index (κ3) is 6.14. The van der Waals surface area contributed by atoms with Crippen molar-refractivity contribution >= 4 is 17.8 Å². The molecule has 1 saturated carbocycles. The number of amides is 2. The lowest BCUT2D eigenvalue weighted by Crippen LogP contribution is -2.55. The molecule has 0 aromatic heterocycles. The maximum Gasteiger partial charge on any atom is 0.326 e. The molecule has 0 spiro atoms. The minimum absolute atomic E-state index is 0.0632. The molecular weight excluding hydrogens is 408 g/mol. The topological polar surface area (TPSA) is 95.9 Å². The van der Waals surface area contributed by atoms with Gasteiger partial charge < -0.3 is 20.1 Å². The highest BCUT2D eigenvalue weighted by atomic mass is 16.5. The number of nitrogens with zero attached hydrogens (tertiary/aromatic N) is 1. The molecule has 0 aromatic rings. The van der Waals surface area contributed by atoms with Gasteiger partial charge in [-0.2, -0.15) is 0 Å². The third-order valence-electron chi connectivity index (χ3n) is 6.94. The van der Waals surface area contributed by atoms with Gasteiger partial charge in [-0.25, -0.2) is 4.79 Å². The molecule has 7 heteroatoms. The summed E-state index contributed by atoms with van der Waals surface area (Å²) in [6.45, 7) is 5.19. The van der Waals surface area contributed by atoms with Crippen molar-refractivity contribution in [3.05, 3.63) is 24.0 Å². The lowest BCUT2D eigenvalue weighted by molar-refractivity contribution is -0.150. The van der Waals surface area contributed by atoms with Gasteiger partial charge in [-0.1, -0.05) is 45.3 Å². The van der Waals surface area contributed by atoms with Gasteiger partial charge in [-0.3, -0.25) is 9.59 Å². The van der Waals surface area contributed by atoms with E-state index < -0.39 is 18.1 Å². The van der Waals surface area contributed by atoms with E-state index in [1.54, 1.807) is 0 Å². The van der Waals surface area contributed by atoms with Crippen LogP contribution in [-0.2, 0) is 19.1 Å². The largest absolute Gasteiger partial charge is 0.498 e. The van der Waals surface area contributed by atoms with Gasteiger partial charge in [0.25, 0.3) is 0 Å². The van der Waals surface area contributed by atoms with Crippen LogP contribution in [-0.4, -0.2) is 53.0 Å². The molecule has 0 radical (unpaired) electrons. The van der Waals surface area contributed by atoms with Gasteiger partial charge >= 0.3 is 5.97 Å². The highest BCUT2D eigenvalue weighted by Crippen LogP contribution is 2.36. The molecule has 2 N–H and O–H groups in total. The van der Waals surface area contributed by atoms with Crippen LogP contribution in [0.25, 0.3) is 0 Å². The number of nitrogens with one attached hydrogen (secondary N) is 1. The highest BCUT2D eigenvalue weighted by molar-refractivity contribution is 5.91. The molecule has 7 nitrogen and oxygen atoms in total. The van der Waals surface area contributed by atoms with E-state index in [0.717, 1.165) is 44.3 Å². The van der Waals surface area contributed by atoms with Crippen molar-refractivity contribution in [3.63, 3.8) is 0 Å². The van der Waals surface area contributed by atoms with Crippen LogP contribution < -0.4 is 5.32 Å². The SMILES string of the molecule is CCCOC1=CC=CC(C)(CC(=O)NC(C(=O)N2CCCC2C(=O)O)C2CCCCC2)C1. The van der Waals surface area contributed by atoms with E-state index in [0.29, 0.717) is 32.4 Å². The fraction of sp³-hybridized carbons (Fsp3) is 0.720. The third-order valence-corrected chi connectivity index (χ3v) is 6.94. The summed E-state index contributed by atoms with van der Waals surface area (Å²) in [6, 6.07) is -1.43. The molecule has 1 heterocycles. The van der Waals surface area contributed by atoms with Crippen molar-refractivity contribution in [1.82, 2.24) is 10.2 Å². The summed E-state index contributed by atoms with van der Waals surface area (Å²) in [4.78, 5) is 39.7. The van der Waals surface area contributed by atoms with Crippen molar-refractivity contribution in [3.8, 4) is 0 Å². The first-order valence-electron chi connectivity index (χ1n) is 12.2. The number of carboxylic acid groups (broad SMARTS) is 1. The quantitative estimate of drug-likeness (QED) is 0.562. The van der Waals surface area contributed by atoms with Crippen LogP contribution in [0.4, 0.5) is 0 Å². The zero-order valence-corrected chi connectivity index (χ0v) is 19.5. The van der Waals surface area contributed by atoms with E-state index in [1.165, 1.54) is 4.90 Å². The predicted octanol–water partition coefficient (Wildman–Crippen LogP) is 3.79. The van der Waals surface area contributed by atoms with Gasteiger partial charge in [0.1, 0.15) is 12.1 Å². The Morgan fingerprint density at radius 3 is 2.66 bits per heavy atom. The van der Waals surface area contributed by atoms with Gasteiger partial charge in [0.05, 0.1) is 12.4 Å². The van der Waals surface area contributed by atoms with Crippen molar-refractivity contribution in [2.75, 3.05) is 13.2 Å². The van der Waals surface area contributed by atoms with Gasteiger partial charge in [0.15, 0.2) is 0 Å². The normalized spacial score (nSPS) is 27.0. The Morgan fingerprint density at radius 2 is 1.97 bits per heavy atom. The Kier molecular flexibility index (Phi) is 8.38. The van der Waals surface area contributed by atoms with Crippen molar-refractivity contribution in [1.29, 1.82) is 0 Å². The van der Waals surface area contributed by atoms with Gasteiger partial charge in [-0.15, -0.1) is 0 Å². The predicted molar refractivity (Wildman–Crippen MR) is 122 cm³/mol. The summed E-state index contributed by atoms with van der Waals surface area (Å²) < 4.78 is 5.79. The van der Waals surface area contributed by atoms with Crippen LogP contribution in [0.15, 0.2) is 24.0 Å². The molecule has 3 atom stereocenters. The van der Waals surface area contributed by atoms with Gasteiger partial charge in [0, 0.05) is 24.8 Å². The molecule has 3 rings (SSSR count). The van der Waals surface area contributed by atoms with E-state index in [-0.39, 0.29) is 29.6 Å². The molecule has 178 valence electrons. The van der Waals surface area contributed by atoms with Gasteiger partial charge in [-0.05, 0) is 44.1 Å². The maximum absolute atomic E-state index is 13.4. The Morgan fingerprint density at radius 1 is 1.22 bits per heavy atom. The summed E-state index contributed by atoms with van der Waals surface area (Å²) in [5, 5.41) is 12.6. The summed E-state index contributed by atoms with van der Waals surface area (Å²) in [6.07, 6.45) is 13.9. The molecule has 2 aliphatic carbocycles. The molecule has 1 aliphatic heterocycles. The zero-order valence-electron chi connectivity index (χ0n) is 19.5. The second kappa shape index (κ2) is 11.0. The van der Waals surface area contributed by atoms with Crippen LogP contribution >= 0.6 is 0 Å². The zero-order chi connectivity index (χ0) is 23.1. The number of carbonyl (C=O) groups excluding carboxylic acids is 2. The Hall–Kier alpha value is -2.31. The average molecular weight is 447 g/mol. The fourth-order valence-electron chi connectivity index (χ4n) is 5.26. The number of rotatable bonds is 9. The Bertz CT molecular complexity index is 755. The van der Waals surface area contributed by atoms with E-state index in [1.807, 2.05) is 25.2 Å². The molecular formula is C25H38N2O5. The molecule has 3 aliphatic rings. The molecule has 2 amide bonds. The molecule has 0 aromatic carbocycles. The minimum Gasteiger partial charge on any atom is -0.498 e. The first-order chi connectivity index (χ1) is 15.3. The molecule has 1 saturated heterocycles. The standard InChI is InChI=1S/C25H38N2O5/c1-3-15-32-19-11-7-13-25(2,16-19)17-21(28)26-22(18-9-5-4-6-10-18)23(29)27-14-8-12-20(27)24(30)31/h7,11,13,18,20,22H,3-6,8-10,12,14-17H2,1-2H3,(H,26,28)(H,30,31). The number of carbonyl (C=O) groups is 3. The summed E-state index contributed by atoms with van der Waals surface area (Å²) in [5.74, 6) is -0.412. The number of hydrogen-bond donors (Lipinski definition) is 2. The highest BCUT2D eigenvalue weighted by Gasteiger charge is 2.41. The maximum atomic E-state index is 13.4. The monoisotopic (exact) mass is 446 g/mol. The van der Waals surface area contributed by atoms with E-state index in [9.17, 15) is 19.5 Å². The van der Waals surface area contributed by atoms with E-state index >= 15 is 0 Å². The first-order valence-corrected chi connectivity index (χ1v) is 12.2. The molecule has 2 fully saturated rings. The minimum atomic E-state index is -0.962. The van der Waals surface area contributed by atoms with Crippen LogP contribution in [0.5, 0.6) is 0 Å². The van der Waals surface area contributed by atoms with E-state index in [2.05, 4.69) is 12.2 Å². The fourth-order valence-corrected chi connectivity index (χ4v) is 5.26. The summed E-state index contributed by atoms with van der Waals surface area (Å²) in [5.41, 5.74) is -0.376. The van der Waals surface area contributed by atoms with Crippen LogP contribution in [0.1, 0.15) is 78.1 Å². The lowest BCUT2D eigenvalue weighted by Gasteiger charge is -2.35. The van der Waals surface area contributed by atoms with Gasteiger partial charge in [0.2, 0.25) is 11.8 Å². The second-order valence-electron chi connectivity index (χ2n) is 9.82. The smallest absolute Gasteiger partial charge is 0.326 e. The molecule has 0 bridgehead atoms. The number of aliphatic carboxylic acids is 1. The first kappa shape index (κ1) is 24.3.